The highest BCUT2D eigenvalue weighted by atomic mass is 35.5. The van der Waals surface area contributed by atoms with Crippen molar-refractivity contribution in [2.24, 2.45) is 0 Å². The zero-order chi connectivity index (χ0) is 26.5. The number of carbonyl (C=O) groups is 1. The van der Waals surface area contributed by atoms with Crippen LogP contribution in [0, 0.1) is 10.1 Å². The minimum Gasteiger partial charge on any atom is -0.465 e. The third kappa shape index (κ3) is 5.39. The van der Waals surface area contributed by atoms with Crippen LogP contribution in [0.3, 0.4) is 0 Å². The molecule has 0 fully saturated rings. The minimum atomic E-state index is -0.583. The number of benzene rings is 2. The fourth-order valence-corrected chi connectivity index (χ4v) is 4.32. The molecular formula is C26H24ClN5O5. The Kier molecular flexibility index (Phi) is 7.69. The number of anilines is 2. The molecule has 2 aromatic heterocycles. The molecule has 2 heterocycles. The van der Waals surface area contributed by atoms with Gasteiger partial charge in [0.05, 0.1) is 28.0 Å². The second-order valence-corrected chi connectivity index (χ2v) is 8.49. The molecule has 0 bridgehead atoms. The van der Waals surface area contributed by atoms with Crippen LogP contribution in [0.1, 0.15) is 25.6 Å². The Morgan fingerprint density at radius 1 is 1.19 bits per heavy atom. The number of nitro groups is 1. The number of hydrogen-bond acceptors (Lipinski definition) is 8. The summed E-state index contributed by atoms with van der Waals surface area (Å²) in [5, 5.41) is 19.2. The summed E-state index contributed by atoms with van der Waals surface area (Å²) in [5.74, 6) is -0.645. The maximum absolute atomic E-state index is 13.6. The predicted octanol–water partition coefficient (Wildman–Crippen LogP) is 5.10. The molecule has 0 saturated carbocycles. The summed E-state index contributed by atoms with van der Waals surface area (Å²) < 4.78 is 6.41. The number of pyridine rings is 2. The summed E-state index contributed by atoms with van der Waals surface area (Å²) in [4.78, 5) is 40.8. The van der Waals surface area contributed by atoms with E-state index in [1.54, 1.807) is 48.7 Å². The Labute approximate surface area is 217 Å². The predicted molar refractivity (Wildman–Crippen MR) is 143 cm³/mol. The van der Waals surface area contributed by atoms with Crippen molar-refractivity contribution < 1.29 is 14.5 Å². The largest absolute Gasteiger partial charge is 0.465 e. The first-order chi connectivity index (χ1) is 17.8. The van der Waals surface area contributed by atoms with Crippen molar-refractivity contribution in [3.05, 3.63) is 98.0 Å². The summed E-state index contributed by atoms with van der Waals surface area (Å²) in [6, 6.07) is 17.0. The lowest BCUT2D eigenvalue weighted by Gasteiger charge is -2.22. The first-order valence-corrected chi connectivity index (χ1v) is 11.9. The van der Waals surface area contributed by atoms with Gasteiger partial charge in [0, 0.05) is 17.6 Å². The van der Waals surface area contributed by atoms with Gasteiger partial charge in [0.25, 0.3) is 5.56 Å². The average molecular weight is 522 g/mol. The van der Waals surface area contributed by atoms with Gasteiger partial charge in [-0.15, -0.1) is 0 Å². The van der Waals surface area contributed by atoms with Gasteiger partial charge in [-0.25, -0.2) is 4.98 Å². The molecule has 4 aromatic rings. The Morgan fingerprint density at radius 3 is 2.65 bits per heavy atom. The number of hydrogen-bond donors (Lipinski definition) is 2. The number of ether oxygens (including phenoxy) is 1. The molecule has 1 atom stereocenters. The van der Waals surface area contributed by atoms with Crippen LogP contribution in [0.4, 0.5) is 17.2 Å². The first kappa shape index (κ1) is 25.6. The summed E-state index contributed by atoms with van der Waals surface area (Å²) in [7, 11) is 0. The molecule has 10 nitrogen and oxygen atoms in total. The highest BCUT2D eigenvalue weighted by Crippen LogP contribution is 2.34. The SMILES string of the molecule is CCOC(=O)CNc1nccc(N[C@@H](C)c2cc3cccc(Cl)c3c(=O)n2-c2ccccc2)c1[N+](=O)[O-]. The molecule has 0 spiro atoms. The molecule has 190 valence electrons. The Balaban J connectivity index is 1.79. The minimum absolute atomic E-state index is 0.0824. The molecule has 4 rings (SSSR count). The third-order valence-corrected chi connectivity index (χ3v) is 5.98. The fraction of sp³-hybridized carbons (Fsp3) is 0.192. The molecular weight excluding hydrogens is 498 g/mol. The van der Waals surface area contributed by atoms with Gasteiger partial charge in [0.1, 0.15) is 12.2 Å². The molecule has 2 aromatic carbocycles. The lowest BCUT2D eigenvalue weighted by Crippen LogP contribution is -2.26. The molecule has 0 amide bonds. The number of halogens is 1. The normalized spacial score (nSPS) is 11.6. The molecule has 0 aliphatic carbocycles. The van der Waals surface area contributed by atoms with E-state index in [0.29, 0.717) is 27.2 Å². The van der Waals surface area contributed by atoms with E-state index in [-0.39, 0.29) is 35.9 Å². The van der Waals surface area contributed by atoms with E-state index in [1.165, 1.54) is 12.3 Å². The number of nitrogens with one attached hydrogen (secondary N) is 2. The van der Waals surface area contributed by atoms with Gasteiger partial charge in [-0.3, -0.25) is 24.3 Å². The monoisotopic (exact) mass is 521 g/mol. The topological polar surface area (TPSA) is 128 Å². The Morgan fingerprint density at radius 2 is 1.95 bits per heavy atom. The lowest BCUT2D eigenvalue weighted by atomic mass is 10.1. The van der Waals surface area contributed by atoms with Crippen LogP contribution in [-0.4, -0.2) is 33.6 Å². The van der Waals surface area contributed by atoms with Gasteiger partial charge in [0.2, 0.25) is 5.82 Å². The molecule has 0 aliphatic rings. The summed E-state index contributed by atoms with van der Waals surface area (Å²) >= 11 is 6.38. The zero-order valence-electron chi connectivity index (χ0n) is 20.1. The van der Waals surface area contributed by atoms with Crippen LogP contribution in [0.25, 0.3) is 16.5 Å². The first-order valence-electron chi connectivity index (χ1n) is 11.5. The van der Waals surface area contributed by atoms with Gasteiger partial charge in [-0.2, -0.15) is 0 Å². The summed E-state index contributed by atoms with van der Waals surface area (Å²) in [6.07, 6.45) is 1.39. The van der Waals surface area contributed by atoms with Crippen LogP contribution < -0.4 is 16.2 Å². The number of fused-ring (bicyclic) bond motifs is 1. The van der Waals surface area contributed by atoms with Crippen molar-refractivity contribution in [2.75, 3.05) is 23.8 Å². The van der Waals surface area contributed by atoms with Gasteiger partial charge < -0.3 is 15.4 Å². The van der Waals surface area contributed by atoms with Crippen molar-refractivity contribution in [1.29, 1.82) is 0 Å². The molecule has 37 heavy (non-hydrogen) atoms. The van der Waals surface area contributed by atoms with Crippen molar-refractivity contribution >= 4 is 45.5 Å². The average Bonchev–Trinajstić information content (AvgIpc) is 2.87. The van der Waals surface area contributed by atoms with Gasteiger partial charge >= 0.3 is 11.7 Å². The number of rotatable bonds is 9. The number of nitrogens with zero attached hydrogens (tertiary/aromatic N) is 3. The smallest absolute Gasteiger partial charge is 0.334 e. The van der Waals surface area contributed by atoms with Crippen molar-refractivity contribution in [2.45, 2.75) is 19.9 Å². The second kappa shape index (κ2) is 11.1. The highest BCUT2D eigenvalue weighted by molar-refractivity contribution is 6.35. The Hall–Kier alpha value is -4.44. The van der Waals surface area contributed by atoms with Crippen molar-refractivity contribution in [3.8, 4) is 5.69 Å². The molecule has 2 N–H and O–H groups in total. The van der Waals surface area contributed by atoms with E-state index < -0.39 is 16.9 Å². The second-order valence-electron chi connectivity index (χ2n) is 8.09. The van der Waals surface area contributed by atoms with E-state index >= 15 is 0 Å². The van der Waals surface area contributed by atoms with Crippen molar-refractivity contribution in [1.82, 2.24) is 9.55 Å². The van der Waals surface area contributed by atoms with Crippen LogP contribution in [0.5, 0.6) is 0 Å². The fourth-order valence-electron chi connectivity index (χ4n) is 4.06. The number of para-hydroxylation sites is 1. The van der Waals surface area contributed by atoms with Crippen LogP contribution in [-0.2, 0) is 9.53 Å². The number of carbonyl (C=O) groups excluding carboxylic acids is 1. The quantitative estimate of drug-likeness (QED) is 0.177. The number of aromatic nitrogens is 2. The third-order valence-electron chi connectivity index (χ3n) is 5.67. The maximum Gasteiger partial charge on any atom is 0.334 e. The van der Waals surface area contributed by atoms with E-state index in [9.17, 15) is 19.7 Å². The van der Waals surface area contributed by atoms with Crippen molar-refractivity contribution in [3.63, 3.8) is 0 Å². The van der Waals surface area contributed by atoms with Crippen LogP contribution in [0.2, 0.25) is 5.02 Å². The Bertz CT molecular complexity index is 1520. The highest BCUT2D eigenvalue weighted by Gasteiger charge is 2.25. The number of esters is 1. The molecule has 0 radical (unpaired) electrons. The van der Waals surface area contributed by atoms with Gasteiger partial charge in [0.15, 0.2) is 0 Å². The molecule has 0 saturated heterocycles. The van der Waals surface area contributed by atoms with Crippen LogP contribution in [0.15, 0.2) is 71.7 Å². The van der Waals surface area contributed by atoms with E-state index in [2.05, 4.69) is 15.6 Å². The van der Waals surface area contributed by atoms with E-state index in [0.717, 1.165) is 0 Å². The summed E-state index contributed by atoms with van der Waals surface area (Å²) in [6.45, 7) is 3.37. The summed E-state index contributed by atoms with van der Waals surface area (Å²) in [5.41, 5.74) is 0.712. The van der Waals surface area contributed by atoms with E-state index in [4.69, 9.17) is 16.3 Å². The van der Waals surface area contributed by atoms with Crippen LogP contribution >= 0.6 is 11.6 Å². The maximum atomic E-state index is 13.6. The molecule has 11 heteroatoms. The lowest BCUT2D eigenvalue weighted by molar-refractivity contribution is -0.383. The van der Waals surface area contributed by atoms with Gasteiger partial charge in [-0.1, -0.05) is 41.9 Å². The molecule has 0 aliphatic heterocycles. The van der Waals surface area contributed by atoms with Gasteiger partial charge in [-0.05, 0) is 49.6 Å². The van der Waals surface area contributed by atoms with E-state index in [1.807, 2.05) is 24.3 Å². The zero-order valence-corrected chi connectivity index (χ0v) is 20.9. The molecule has 0 unspecified atom stereocenters. The standard InChI is InChI=1S/C26H24ClN5O5/c1-3-37-22(33)15-29-25-24(32(35)36)20(12-13-28-25)30-16(2)21-14-17-8-7-11-19(27)23(17)26(34)31(21)18-9-5-4-6-10-18/h4-14,16H,3,15H2,1-2H3,(H2,28,29,30)/t16-/m0/s1.